The van der Waals surface area contributed by atoms with E-state index < -0.39 is 143 Å². The van der Waals surface area contributed by atoms with Gasteiger partial charge in [-0.3, -0.25) is 0 Å². The molecule has 2 aromatic rings. The monoisotopic (exact) mass is 996 g/mol. The van der Waals surface area contributed by atoms with Crippen LogP contribution in [-0.4, -0.2) is 31.4 Å². The maximum absolute atomic E-state index is 14.3. The molecule has 57 heavy (non-hydrogen) atoms. The van der Waals surface area contributed by atoms with Crippen LogP contribution in [0.2, 0.25) is 6.55 Å². The smallest absolute Gasteiger partial charge is 1.00 e. The van der Waals surface area contributed by atoms with Gasteiger partial charge in [0.1, 0.15) is 0 Å². The third-order valence-electron chi connectivity index (χ3n) is 6.79. The van der Waals surface area contributed by atoms with Gasteiger partial charge in [-0.25, -0.2) is 0 Å². The molecule has 0 aromatic heterocycles. The average molecular weight is 998 g/mol. The minimum absolute atomic E-state index is 0. The van der Waals surface area contributed by atoms with Gasteiger partial charge >= 0.3 is 84.8 Å². The summed E-state index contributed by atoms with van der Waals surface area (Å²) in [6, 6.07) is 0. The van der Waals surface area contributed by atoms with Gasteiger partial charge in [-0.05, 0) is 10.4 Å². The van der Waals surface area contributed by atoms with E-state index in [9.17, 15) is 137 Å². The minimum atomic E-state index is -9.54. The maximum atomic E-state index is 14.3. The molecule has 0 aliphatic carbocycles. The normalized spacial score (nSPS) is 14.7. The molecule has 0 saturated heterocycles. The van der Waals surface area contributed by atoms with Crippen LogP contribution in [0, 0.1) is 0 Å². The van der Waals surface area contributed by atoms with Gasteiger partial charge < -0.3 is 21.8 Å². The summed E-state index contributed by atoms with van der Waals surface area (Å²) >= 11 is 0. The second-order valence-corrected chi connectivity index (χ2v) is 13.6. The molecule has 0 bridgehead atoms. The van der Waals surface area contributed by atoms with E-state index in [1.807, 2.05) is 0 Å². The first-order valence-electron chi connectivity index (χ1n) is 12.4. The van der Waals surface area contributed by atoms with Crippen molar-refractivity contribution in [3.05, 3.63) is 55.6 Å². The Labute approximate surface area is 319 Å². The van der Waals surface area contributed by atoms with E-state index in [0.717, 1.165) is 0 Å². The van der Waals surface area contributed by atoms with Gasteiger partial charge in [0.15, 0.2) is 0 Å². The van der Waals surface area contributed by atoms with Crippen molar-refractivity contribution in [1.82, 2.24) is 0 Å². The maximum Gasteiger partial charge on any atom is 2.00 e. The molecule has 0 aliphatic rings. The fourth-order valence-corrected chi connectivity index (χ4v) is 8.64. The van der Waals surface area contributed by atoms with E-state index in [1.165, 1.54) is 0 Å². The van der Waals surface area contributed by atoms with Crippen LogP contribution < -0.4 is 32.2 Å². The van der Waals surface area contributed by atoms with Crippen molar-refractivity contribution < 1.29 is 153 Å². The van der Waals surface area contributed by atoms with Crippen LogP contribution in [0.4, 0.5) is 132 Å². The number of rotatable bonds is 2. The third-order valence-corrected chi connectivity index (χ3v) is 9.70. The molecule has 0 amide bonds. The molecule has 34 heteroatoms. The Morgan fingerprint density at radius 2 is 0.351 bits per heavy atom. The molecule has 324 valence electrons. The molecule has 2 rings (SSSR count). The van der Waals surface area contributed by atoms with Crippen LogP contribution in [0.5, 0.6) is 0 Å². The van der Waals surface area contributed by atoms with Crippen LogP contribution in [-0.2, 0) is 61.8 Å². The zero-order valence-corrected chi connectivity index (χ0v) is 29.3. The number of benzene rings is 2. The predicted molar refractivity (Wildman–Crippen MR) is 120 cm³/mol. The first-order valence-corrected chi connectivity index (χ1v) is 14.8. The van der Waals surface area contributed by atoms with Crippen molar-refractivity contribution in [3.8, 4) is 0 Å². The summed E-state index contributed by atoms with van der Waals surface area (Å²) in [6.07, 6.45) is -79.7. The molecule has 0 heterocycles. The first kappa shape index (κ1) is 54.8. The van der Waals surface area contributed by atoms with Crippen LogP contribution in [0.3, 0.4) is 0 Å². The van der Waals surface area contributed by atoms with Crippen molar-refractivity contribution in [2.45, 2.75) is 68.3 Å². The van der Waals surface area contributed by atoms with E-state index in [1.54, 1.807) is 0 Å². The molecular weight excluding hydrogens is 994 g/mol. The zero-order chi connectivity index (χ0) is 44.4. The van der Waals surface area contributed by atoms with Crippen LogP contribution >= 0.6 is 0 Å². The Morgan fingerprint density at radius 3 is 0.439 bits per heavy atom. The number of alkyl halides is 30. The minimum Gasteiger partial charge on any atom is -1.00 e. The molecule has 2 aromatic carbocycles. The van der Waals surface area contributed by atoms with E-state index >= 15 is 0 Å². The summed E-state index contributed by atoms with van der Waals surface area (Å²) in [4.78, 5) is 13.9. The molecule has 0 fully saturated rings. The SMILES string of the molecule is C[Si]([O-])(c1c(C(F)(F)F)c(C(F)(F)F)c(C(F)(F)F)c(C(F)(F)F)c1C(F)(F)F)c1c(C(F)(F)F)c(C(F)(F)F)c(C(F)(F)F)c(C(F)(F)F)c1C(F)(F)F.[Br-].[Mg+2]. The molecule has 0 spiro atoms. The van der Waals surface area contributed by atoms with Crippen molar-refractivity contribution in [3.63, 3.8) is 0 Å². The van der Waals surface area contributed by atoms with Gasteiger partial charge in [-0.1, -0.05) is 6.55 Å². The van der Waals surface area contributed by atoms with Crippen LogP contribution in [0.25, 0.3) is 0 Å². The molecule has 0 saturated carbocycles. The van der Waals surface area contributed by atoms with Crippen LogP contribution in [0.15, 0.2) is 0 Å². The quantitative estimate of drug-likeness (QED) is 0.226. The summed E-state index contributed by atoms with van der Waals surface area (Å²) < 4.78 is 422. The Morgan fingerprint density at radius 1 is 0.263 bits per heavy atom. The zero-order valence-electron chi connectivity index (χ0n) is 25.3. The largest absolute Gasteiger partial charge is 2.00 e. The molecule has 0 radical (unpaired) electrons. The van der Waals surface area contributed by atoms with Gasteiger partial charge in [0.2, 0.25) is 0 Å². The van der Waals surface area contributed by atoms with E-state index in [-0.39, 0.29) is 40.0 Å². The second kappa shape index (κ2) is 15.0. The van der Waals surface area contributed by atoms with Crippen molar-refractivity contribution in [1.29, 1.82) is 0 Å². The van der Waals surface area contributed by atoms with E-state index in [0.29, 0.717) is 0 Å². The summed E-state index contributed by atoms with van der Waals surface area (Å²) in [5, 5.41) is -10.1. The van der Waals surface area contributed by atoms with Gasteiger partial charge in [-0.2, -0.15) is 132 Å². The van der Waals surface area contributed by atoms with E-state index in [4.69, 9.17) is 0 Å². The van der Waals surface area contributed by atoms with Crippen LogP contribution in [0.1, 0.15) is 55.6 Å². The molecule has 0 atom stereocenters. The molecule has 0 N–H and O–H groups in total. The van der Waals surface area contributed by atoms with Crippen molar-refractivity contribution in [2.75, 3.05) is 0 Å². The summed E-state index contributed by atoms with van der Waals surface area (Å²) in [6.45, 7) is -1.80. The second-order valence-electron chi connectivity index (χ2n) is 10.5. The predicted octanol–water partition coefficient (Wildman–Crippen LogP) is 7.55. The van der Waals surface area contributed by atoms with Gasteiger partial charge in [0.05, 0.1) is 55.6 Å². The molecular formula is C23H3BrF30MgOSi. The molecule has 0 aliphatic heterocycles. The van der Waals surface area contributed by atoms with Crippen molar-refractivity contribution >= 4 is 41.7 Å². The third kappa shape index (κ3) is 10.4. The Hall–Kier alpha value is -2.24. The molecule has 1 nitrogen and oxygen atoms in total. The standard InChI is InChI=1S/C23H3F30OSi.BrH.Mg/c1-55(54,12-8(20(42,43)44)4(16(30,31)32)2(14(24,25)26)5(17(33,34)35)9(12)21(45,46)47)13-10(22(48,49)50)6(18(36,37)38)3(15(27,28)29)7(19(39,40)41)11(13)23(51,52)53;;/h1H3;1H;/q-1;;+2/p-1. The van der Waals surface area contributed by atoms with E-state index in [2.05, 4.69) is 0 Å². The van der Waals surface area contributed by atoms with Crippen molar-refractivity contribution in [2.24, 2.45) is 0 Å². The number of hydrogen-bond acceptors (Lipinski definition) is 1. The topological polar surface area (TPSA) is 23.1 Å². The Bertz CT molecular complexity index is 1580. The molecule has 0 unspecified atom stereocenters. The number of hydrogen-bond donors (Lipinski definition) is 0. The number of halogens is 31. The average Bonchev–Trinajstić information content (AvgIpc) is 2.84. The summed E-state index contributed by atoms with van der Waals surface area (Å²) in [5.74, 6) is 0. The fraction of sp³-hybridized carbons (Fsp3) is 0.478. The van der Waals surface area contributed by atoms with Gasteiger partial charge in [0.25, 0.3) is 0 Å². The van der Waals surface area contributed by atoms with Gasteiger partial charge in [-0.15, -0.1) is 0 Å². The summed E-state index contributed by atoms with van der Waals surface area (Å²) in [7, 11) is -9.54. The Kier molecular flexibility index (Phi) is 14.4. The first-order chi connectivity index (χ1) is 23.5. The Balaban J connectivity index is 0.0000157. The van der Waals surface area contributed by atoms with Gasteiger partial charge in [0, 0.05) is 8.32 Å². The fourth-order valence-electron chi connectivity index (χ4n) is 5.41. The summed E-state index contributed by atoms with van der Waals surface area (Å²) in [5.41, 5.74) is -52.4.